The molecule has 1 amide bonds. The zero-order valence-corrected chi connectivity index (χ0v) is 10.8. The number of carbonyl (C=O) groups is 1. The molecule has 0 heterocycles. The molecule has 0 aliphatic rings. The van der Waals surface area contributed by atoms with Crippen LogP contribution in [0.1, 0.15) is 34.1 Å². The summed E-state index contributed by atoms with van der Waals surface area (Å²) in [7, 11) is 0. The third kappa shape index (κ3) is 11.1. The highest BCUT2D eigenvalue weighted by atomic mass is 16.5. The fourth-order valence-electron chi connectivity index (χ4n) is 0.933. The molecular formula is C13H23NO2. The maximum Gasteiger partial charge on any atom is 0.246 e. The predicted octanol–water partition coefficient (Wildman–Crippen LogP) is 1.82. The molecule has 0 spiro atoms. The van der Waals surface area contributed by atoms with E-state index < -0.39 is 0 Å². The fourth-order valence-corrected chi connectivity index (χ4v) is 0.933. The van der Waals surface area contributed by atoms with E-state index in [1.54, 1.807) is 0 Å². The van der Waals surface area contributed by atoms with Gasteiger partial charge in [0.25, 0.3) is 0 Å². The molecule has 0 aliphatic carbocycles. The van der Waals surface area contributed by atoms with Crippen LogP contribution in [-0.2, 0) is 9.53 Å². The van der Waals surface area contributed by atoms with Crippen LogP contribution in [0.15, 0.2) is 0 Å². The first-order valence-electron chi connectivity index (χ1n) is 5.85. The summed E-state index contributed by atoms with van der Waals surface area (Å²) in [6.07, 6.45) is 0.987. The van der Waals surface area contributed by atoms with Crippen LogP contribution in [0.2, 0.25) is 0 Å². The highest BCUT2D eigenvalue weighted by Crippen LogP contribution is 1.98. The van der Waals surface area contributed by atoms with Crippen LogP contribution in [-0.4, -0.2) is 25.7 Å². The minimum Gasteiger partial charge on any atom is -0.372 e. The molecule has 0 atom stereocenters. The van der Waals surface area contributed by atoms with Crippen LogP contribution >= 0.6 is 0 Å². The predicted molar refractivity (Wildman–Crippen MR) is 65.9 cm³/mol. The summed E-state index contributed by atoms with van der Waals surface area (Å²) in [4.78, 5) is 11.2. The average molecular weight is 225 g/mol. The molecule has 0 aromatic carbocycles. The molecule has 0 saturated heterocycles. The normalized spacial score (nSPS) is 10.1. The van der Waals surface area contributed by atoms with Gasteiger partial charge in [-0.2, -0.15) is 0 Å². The maximum absolute atomic E-state index is 11.2. The lowest BCUT2D eigenvalue weighted by atomic mass is 10.1. The molecule has 0 bridgehead atoms. The number of nitrogens with one attached hydrogen (secondary N) is 1. The van der Waals surface area contributed by atoms with Crippen molar-refractivity contribution in [2.45, 2.75) is 34.1 Å². The molecule has 92 valence electrons. The van der Waals surface area contributed by atoms with Crippen molar-refractivity contribution < 1.29 is 9.53 Å². The largest absolute Gasteiger partial charge is 0.372 e. The topological polar surface area (TPSA) is 38.3 Å². The highest BCUT2D eigenvalue weighted by molar-refractivity contribution is 5.77. The van der Waals surface area contributed by atoms with E-state index >= 15 is 0 Å². The van der Waals surface area contributed by atoms with Crippen molar-refractivity contribution in [2.75, 3.05) is 19.8 Å². The Balaban J connectivity index is 3.43. The maximum atomic E-state index is 11.2. The molecule has 1 N–H and O–H groups in total. The Labute approximate surface area is 98.9 Å². The van der Waals surface area contributed by atoms with Crippen molar-refractivity contribution >= 4 is 5.91 Å². The van der Waals surface area contributed by atoms with Crippen molar-refractivity contribution in [2.24, 2.45) is 11.8 Å². The standard InChI is InChI=1S/C13H23NO2/c1-11(2)6-5-8-14-13(15)10-16-9-7-12(3)4/h11-12H,7-10H2,1-4H3,(H,14,15). The van der Waals surface area contributed by atoms with E-state index in [2.05, 4.69) is 31.0 Å². The van der Waals surface area contributed by atoms with E-state index in [0.717, 1.165) is 6.42 Å². The fraction of sp³-hybridized carbons (Fsp3) is 0.769. The van der Waals surface area contributed by atoms with Crippen molar-refractivity contribution in [1.29, 1.82) is 0 Å². The third-order valence-corrected chi connectivity index (χ3v) is 1.84. The number of hydrogen-bond acceptors (Lipinski definition) is 2. The molecule has 3 heteroatoms. The Morgan fingerprint density at radius 1 is 1.31 bits per heavy atom. The molecule has 0 saturated carbocycles. The van der Waals surface area contributed by atoms with E-state index in [0.29, 0.717) is 25.0 Å². The second-order valence-corrected chi connectivity index (χ2v) is 4.49. The monoisotopic (exact) mass is 225 g/mol. The molecule has 0 fully saturated rings. The molecule has 0 rings (SSSR count). The van der Waals surface area contributed by atoms with Gasteiger partial charge in [0.1, 0.15) is 6.61 Å². The Kier molecular flexibility index (Phi) is 8.65. The lowest BCUT2D eigenvalue weighted by Crippen LogP contribution is -2.28. The van der Waals surface area contributed by atoms with E-state index in [9.17, 15) is 4.79 Å². The van der Waals surface area contributed by atoms with Crippen LogP contribution in [0, 0.1) is 23.7 Å². The van der Waals surface area contributed by atoms with Gasteiger partial charge in [0.05, 0.1) is 6.54 Å². The van der Waals surface area contributed by atoms with Crippen molar-refractivity contribution in [3.05, 3.63) is 0 Å². The van der Waals surface area contributed by atoms with Gasteiger partial charge in [-0.1, -0.05) is 39.5 Å². The second-order valence-electron chi connectivity index (χ2n) is 4.49. The summed E-state index contributed by atoms with van der Waals surface area (Å²) in [5, 5.41) is 2.69. The van der Waals surface area contributed by atoms with E-state index in [-0.39, 0.29) is 12.5 Å². The van der Waals surface area contributed by atoms with Crippen molar-refractivity contribution in [3.8, 4) is 11.8 Å². The summed E-state index contributed by atoms with van der Waals surface area (Å²) >= 11 is 0. The summed E-state index contributed by atoms with van der Waals surface area (Å²) in [5.41, 5.74) is 0. The summed E-state index contributed by atoms with van der Waals surface area (Å²) in [6, 6.07) is 0. The second kappa shape index (κ2) is 9.23. The molecule has 0 aromatic heterocycles. The van der Waals surface area contributed by atoms with Crippen LogP contribution in [0.5, 0.6) is 0 Å². The molecule has 3 nitrogen and oxygen atoms in total. The Hall–Kier alpha value is -1.01. The lowest BCUT2D eigenvalue weighted by molar-refractivity contribution is -0.125. The van der Waals surface area contributed by atoms with Gasteiger partial charge in [-0.3, -0.25) is 4.79 Å². The number of hydrogen-bond donors (Lipinski definition) is 1. The highest BCUT2D eigenvalue weighted by Gasteiger charge is 2.00. The number of amides is 1. The number of rotatable bonds is 6. The first kappa shape index (κ1) is 15.0. The van der Waals surface area contributed by atoms with Gasteiger partial charge < -0.3 is 10.1 Å². The molecule has 0 radical (unpaired) electrons. The van der Waals surface area contributed by atoms with Crippen LogP contribution in [0.25, 0.3) is 0 Å². The van der Waals surface area contributed by atoms with E-state index in [1.165, 1.54) is 0 Å². The van der Waals surface area contributed by atoms with Gasteiger partial charge in [0.2, 0.25) is 5.91 Å². The average Bonchev–Trinajstić information content (AvgIpc) is 2.19. The molecular weight excluding hydrogens is 202 g/mol. The van der Waals surface area contributed by atoms with Gasteiger partial charge in [-0.05, 0) is 12.3 Å². The Bertz CT molecular complexity index is 248. The Morgan fingerprint density at radius 2 is 2.00 bits per heavy atom. The minimum atomic E-state index is -0.0955. The Morgan fingerprint density at radius 3 is 2.56 bits per heavy atom. The molecule has 0 aliphatic heterocycles. The zero-order valence-electron chi connectivity index (χ0n) is 10.8. The minimum absolute atomic E-state index is 0.0955. The zero-order chi connectivity index (χ0) is 12.4. The van der Waals surface area contributed by atoms with E-state index in [4.69, 9.17) is 4.74 Å². The van der Waals surface area contributed by atoms with Gasteiger partial charge in [-0.25, -0.2) is 0 Å². The quantitative estimate of drug-likeness (QED) is 0.553. The van der Waals surface area contributed by atoms with Gasteiger partial charge >= 0.3 is 0 Å². The van der Waals surface area contributed by atoms with Gasteiger partial charge in [0.15, 0.2) is 0 Å². The number of ether oxygens (including phenoxy) is 1. The third-order valence-electron chi connectivity index (χ3n) is 1.84. The molecule has 0 unspecified atom stereocenters. The number of carbonyl (C=O) groups excluding carboxylic acids is 1. The first-order valence-corrected chi connectivity index (χ1v) is 5.85. The molecule has 16 heavy (non-hydrogen) atoms. The van der Waals surface area contributed by atoms with Gasteiger partial charge in [0, 0.05) is 12.5 Å². The van der Waals surface area contributed by atoms with E-state index in [1.807, 2.05) is 13.8 Å². The molecule has 0 aromatic rings. The first-order chi connectivity index (χ1) is 7.52. The lowest BCUT2D eigenvalue weighted by Gasteiger charge is -2.05. The van der Waals surface area contributed by atoms with Crippen LogP contribution in [0.4, 0.5) is 0 Å². The van der Waals surface area contributed by atoms with Crippen molar-refractivity contribution in [3.63, 3.8) is 0 Å². The van der Waals surface area contributed by atoms with Crippen molar-refractivity contribution in [1.82, 2.24) is 5.32 Å². The van der Waals surface area contributed by atoms with Crippen LogP contribution in [0.3, 0.4) is 0 Å². The summed E-state index contributed by atoms with van der Waals surface area (Å²) < 4.78 is 5.22. The summed E-state index contributed by atoms with van der Waals surface area (Å²) in [5.74, 6) is 6.73. The smallest absolute Gasteiger partial charge is 0.246 e. The van der Waals surface area contributed by atoms with Crippen LogP contribution < -0.4 is 5.32 Å². The SMILES string of the molecule is CC(C)C#CCNC(=O)COCCC(C)C. The summed E-state index contributed by atoms with van der Waals surface area (Å²) in [6.45, 7) is 9.48. The van der Waals surface area contributed by atoms with Gasteiger partial charge in [-0.15, -0.1) is 0 Å².